The number of carbonyl (C=O) groups is 2. The molecule has 4 aliphatic carbocycles. The summed E-state index contributed by atoms with van der Waals surface area (Å²) in [5.41, 5.74) is -0.627. The summed E-state index contributed by atoms with van der Waals surface area (Å²) >= 11 is 0. The Morgan fingerprint density at radius 3 is 2.14 bits per heavy atom. The Morgan fingerprint density at radius 2 is 1.50 bits per heavy atom. The fourth-order valence-corrected chi connectivity index (χ4v) is 9.70. The summed E-state index contributed by atoms with van der Waals surface area (Å²) in [4.78, 5) is 27.3. The van der Waals surface area contributed by atoms with E-state index < -0.39 is 5.41 Å². The maximum Gasteiger partial charge on any atom is 0.178 e. The highest BCUT2D eigenvalue weighted by atomic mass is 16.3. The highest BCUT2D eigenvalue weighted by Gasteiger charge is 2.68. The van der Waals surface area contributed by atoms with Crippen molar-refractivity contribution < 1.29 is 14.7 Å². The van der Waals surface area contributed by atoms with E-state index in [2.05, 4.69) is 40.7 Å². The molecule has 4 aliphatic rings. The predicted molar refractivity (Wildman–Crippen MR) is 143 cm³/mol. The molecule has 3 fully saturated rings. The minimum absolute atomic E-state index is 0.0323. The van der Waals surface area contributed by atoms with Crippen LogP contribution in [0.1, 0.15) is 113 Å². The molecule has 0 amide bonds. The molecule has 0 aromatic carbocycles. The van der Waals surface area contributed by atoms with Crippen LogP contribution in [-0.4, -0.2) is 23.3 Å². The number of carbonyl (C=O) groups excluding carboxylic acids is 2. The van der Waals surface area contributed by atoms with Crippen molar-refractivity contribution in [1.29, 1.82) is 5.26 Å². The number of aliphatic hydroxyl groups is 1. The van der Waals surface area contributed by atoms with Gasteiger partial charge in [0.2, 0.25) is 0 Å². The maximum absolute atomic E-state index is 14.1. The average Bonchev–Trinajstić information content (AvgIpc) is 2.79. The second kappa shape index (κ2) is 9.07. The monoisotopic (exact) mass is 495 g/mol. The number of ketones is 2. The molecule has 3 saturated carbocycles. The van der Waals surface area contributed by atoms with Gasteiger partial charge < -0.3 is 5.11 Å². The summed E-state index contributed by atoms with van der Waals surface area (Å²) in [5, 5.41) is 19.7. The molecule has 0 spiro atoms. The Balaban J connectivity index is 1.81. The van der Waals surface area contributed by atoms with Crippen molar-refractivity contribution in [3.63, 3.8) is 0 Å². The third-order valence-corrected chi connectivity index (χ3v) is 12.3. The fraction of sp³-hybridized carbons (Fsp3) is 0.844. The van der Waals surface area contributed by atoms with Crippen LogP contribution in [0.15, 0.2) is 11.6 Å². The quantitative estimate of drug-likeness (QED) is 0.445. The smallest absolute Gasteiger partial charge is 0.178 e. The molecule has 0 radical (unpaired) electrons. The first kappa shape index (κ1) is 27.6. The van der Waals surface area contributed by atoms with E-state index in [1.54, 1.807) is 0 Å². The molecule has 0 aromatic rings. The fourth-order valence-electron chi connectivity index (χ4n) is 9.70. The third-order valence-electron chi connectivity index (χ3n) is 12.3. The van der Waals surface area contributed by atoms with Crippen LogP contribution in [0, 0.1) is 62.1 Å². The molecule has 4 heteroatoms. The SMILES string of the molecule is CC1(C)CCC2C(=O)C[C@@H]3[C@@]4(C)C=C(C#N)C(=O)C(C)(C)[C@@H]4CC[C@@]3(C)[C@]2(C)CC[C@@H](CCO)CC1. The van der Waals surface area contributed by atoms with Crippen molar-refractivity contribution in [3.05, 3.63) is 11.6 Å². The lowest BCUT2D eigenvalue weighted by atomic mass is 9.35. The van der Waals surface area contributed by atoms with Crippen LogP contribution in [0.4, 0.5) is 0 Å². The first-order valence-electron chi connectivity index (χ1n) is 14.5. The normalized spacial score (nSPS) is 44.4. The third kappa shape index (κ3) is 4.03. The molecule has 0 heterocycles. The lowest BCUT2D eigenvalue weighted by Gasteiger charge is -2.68. The minimum atomic E-state index is -0.594. The van der Waals surface area contributed by atoms with Gasteiger partial charge in [0.05, 0.1) is 5.57 Å². The van der Waals surface area contributed by atoms with Crippen LogP contribution in [0.2, 0.25) is 0 Å². The van der Waals surface area contributed by atoms with Gasteiger partial charge in [0.15, 0.2) is 5.78 Å². The zero-order valence-electron chi connectivity index (χ0n) is 23.9. The van der Waals surface area contributed by atoms with Crippen molar-refractivity contribution in [1.82, 2.24) is 0 Å². The average molecular weight is 496 g/mol. The Hall–Kier alpha value is -1.47. The first-order chi connectivity index (χ1) is 16.7. The molecule has 0 bridgehead atoms. The molecule has 0 aromatic heterocycles. The van der Waals surface area contributed by atoms with Crippen LogP contribution in [0.3, 0.4) is 0 Å². The Kier molecular flexibility index (Phi) is 6.95. The maximum atomic E-state index is 14.1. The van der Waals surface area contributed by atoms with Gasteiger partial charge in [-0.15, -0.1) is 0 Å². The van der Waals surface area contributed by atoms with Gasteiger partial charge >= 0.3 is 0 Å². The van der Waals surface area contributed by atoms with E-state index in [9.17, 15) is 20.0 Å². The number of hydrogen-bond donors (Lipinski definition) is 1. The molecule has 7 atom stereocenters. The van der Waals surface area contributed by atoms with E-state index in [1.165, 1.54) is 0 Å². The van der Waals surface area contributed by atoms with Gasteiger partial charge in [0.25, 0.3) is 0 Å². The Morgan fingerprint density at radius 1 is 0.889 bits per heavy atom. The van der Waals surface area contributed by atoms with E-state index >= 15 is 0 Å². The molecular formula is C32H49NO3. The lowest BCUT2D eigenvalue weighted by Crippen LogP contribution is -2.65. The largest absolute Gasteiger partial charge is 0.396 e. The Labute approximate surface area is 219 Å². The molecular weight excluding hydrogens is 446 g/mol. The zero-order valence-corrected chi connectivity index (χ0v) is 23.9. The van der Waals surface area contributed by atoms with Crippen LogP contribution in [0.5, 0.6) is 0 Å². The van der Waals surface area contributed by atoms with E-state index in [1.807, 2.05) is 19.9 Å². The molecule has 4 rings (SSSR count). The van der Waals surface area contributed by atoms with Gasteiger partial charge in [-0.2, -0.15) is 5.26 Å². The summed E-state index contributed by atoms with van der Waals surface area (Å²) in [6.45, 7) is 16.1. The van der Waals surface area contributed by atoms with Gasteiger partial charge in [-0.3, -0.25) is 9.59 Å². The van der Waals surface area contributed by atoms with Gasteiger partial charge in [-0.05, 0) is 97.2 Å². The number of fused-ring (bicyclic) bond motifs is 5. The van der Waals surface area contributed by atoms with Gasteiger partial charge in [-0.1, -0.05) is 54.5 Å². The Bertz CT molecular complexity index is 986. The van der Waals surface area contributed by atoms with Crippen LogP contribution in [-0.2, 0) is 9.59 Å². The number of allylic oxidation sites excluding steroid dienone is 2. The van der Waals surface area contributed by atoms with E-state index in [-0.39, 0.29) is 51.8 Å². The van der Waals surface area contributed by atoms with Crippen molar-refractivity contribution in [2.24, 2.45) is 50.7 Å². The highest BCUT2D eigenvalue weighted by molar-refractivity contribution is 6.04. The number of nitriles is 1. The van der Waals surface area contributed by atoms with Crippen molar-refractivity contribution in [3.8, 4) is 6.07 Å². The van der Waals surface area contributed by atoms with Gasteiger partial charge in [0.1, 0.15) is 11.9 Å². The standard InChI is InChI=1S/C32H49NO3/c1-28(2)13-8-21(12-17-34)9-15-31(6)23(10-14-28)24(35)18-26-30(5)19-22(20-33)27(36)29(3,4)25(30)11-16-32(26,31)7/h19,21,23,25-26,34H,8-18H2,1-7H3/t21-,23?,25-,26+,30-,31+,32+/m0/s1. The second-order valence-corrected chi connectivity index (χ2v) is 14.9. The number of aliphatic hydroxyl groups excluding tert-OH is 1. The molecule has 36 heavy (non-hydrogen) atoms. The summed E-state index contributed by atoms with van der Waals surface area (Å²) in [6, 6.07) is 2.22. The predicted octanol–water partition coefficient (Wildman–Crippen LogP) is 7.06. The molecule has 1 unspecified atom stereocenters. The van der Waals surface area contributed by atoms with Crippen molar-refractivity contribution >= 4 is 11.6 Å². The molecule has 4 nitrogen and oxygen atoms in total. The highest BCUT2D eigenvalue weighted by Crippen LogP contribution is 2.72. The molecule has 200 valence electrons. The molecule has 1 N–H and O–H groups in total. The zero-order chi connectivity index (χ0) is 26.7. The van der Waals surface area contributed by atoms with Gasteiger partial charge in [0, 0.05) is 24.4 Å². The first-order valence-corrected chi connectivity index (χ1v) is 14.5. The summed E-state index contributed by atoms with van der Waals surface area (Å²) < 4.78 is 0. The number of rotatable bonds is 2. The van der Waals surface area contributed by atoms with Crippen LogP contribution < -0.4 is 0 Å². The number of Topliss-reactive ketones (excluding diaryl/α,β-unsaturated/α-hetero) is 2. The van der Waals surface area contributed by atoms with E-state index in [4.69, 9.17) is 0 Å². The van der Waals surface area contributed by atoms with E-state index in [0.717, 1.165) is 57.8 Å². The number of hydrogen-bond acceptors (Lipinski definition) is 4. The lowest BCUT2D eigenvalue weighted by molar-refractivity contribution is -0.191. The van der Waals surface area contributed by atoms with Crippen molar-refractivity contribution in [2.75, 3.05) is 6.61 Å². The number of nitrogens with zero attached hydrogens (tertiary/aromatic N) is 1. The van der Waals surface area contributed by atoms with E-state index in [0.29, 0.717) is 23.7 Å². The minimum Gasteiger partial charge on any atom is -0.396 e. The summed E-state index contributed by atoms with van der Waals surface area (Å²) in [5.74, 6) is 1.19. The van der Waals surface area contributed by atoms with Crippen LogP contribution >= 0.6 is 0 Å². The topological polar surface area (TPSA) is 78.2 Å². The van der Waals surface area contributed by atoms with Crippen LogP contribution in [0.25, 0.3) is 0 Å². The molecule has 0 saturated heterocycles. The summed E-state index contributed by atoms with van der Waals surface area (Å²) in [6.07, 6.45) is 11.8. The second-order valence-electron chi connectivity index (χ2n) is 14.9. The molecule has 0 aliphatic heterocycles. The van der Waals surface area contributed by atoms with Crippen molar-refractivity contribution in [2.45, 2.75) is 113 Å². The summed E-state index contributed by atoms with van der Waals surface area (Å²) in [7, 11) is 0. The van der Waals surface area contributed by atoms with Gasteiger partial charge in [-0.25, -0.2) is 0 Å².